The quantitative estimate of drug-likeness (QED) is 0.867. The van der Waals surface area contributed by atoms with Crippen molar-refractivity contribution in [3.8, 4) is 0 Å². The van der Waals surface area contributed by atoms with Crippen LogP contribution in [0.3, 0.4) is 0 Å². The van der Waals surface area contributed by atoms with Crippen molar-refractivity contribution in [2.75, 3.05) is 26.0 Å². The van der Waals surface area contributed by atoms with E-state index in [0.29, 0.717) is 12.0 Å². The maximum atomic E-state index is 4.47. The van der Waals surface area contributed by atoms with Crippen molar-refractivity contribution in [1.82, 2.24) is 19.5 Å². The highest BCUT2D eigenvalue weighted by atomic mass is 15.3. The molecule has 0 saturated heterocycles. The van der Waals surface area contributed by atoms with Gasteiger partial charge in [-0.2, -0.15) is 4.98 Å². The van der Waals surface area contributed by atoms with E-state index in [1.54, 1.807) is 4.52 Å². The highest BCUT2D eigenvalue weighted by Crippen LogP contribution is 2.09. The molecule has 0 aromatic carbocycles. The molecular formula is C12H19N5. The van der Waals surface area contributed by atoms with Crippen LogP contribution in [0.1, 0.15) is 12.5 Å². The molecule has 0 aliphatic heterocycles. The number of anilines is 1. The minimum Gasteiger partial charge on any atom is -0.351 e. The minimum absolute atomic E-state index is 0.447. The molecule has 0 amide bonds. The Balaban J connectivity index is 2.12. The minimum atomic E-state index is 0.447. The van der Waals surface area contributed by atoms with Crippen LogP contribution in [0, 0.1) is 6.92 Å². The first kappa shape index (κ1) is 11.9. The molecule has 1 unspecified atom stereocenters. The Hall–Kier alpha value is -1.62. The number of nitrogens with one attached hydrogen (secondary N) is 1. The molecule has 0 fully saturated rings. The third-order valence-corrected chi connectivity index (χ3v) is 2.99. The molecule has 2 aromatic heterocycles. The van der Waals surface area contributed by atoms with Crippen molar-refractivity contribution in [3.63, 3.8) is 0 Å². The highest BCUT2D eigenvalue weighted by molar-refractivity contribution is 5.49. The van der Waals surface area contributed by atoms with Crippen LogP contribution in [0.4, 0.5) is 5.95 Å². The summed E-state index contributed by atoms with van der Waals surface area (Å²) in [4.78, 5) is 6.63. The molecule has 92 valence electrons. The molecule has 0 aliphatic carbocycles. The number of likely N-dealkylation sites (N-methyl/N-ethyl adjacent to an activating group) is 1. The first-order chi connectivity index (χ1) is 8.08. The number of fused-ring (bicyclic) bond motifs is 1. The molecule has 0 aliphatic rings. The average Bonchev–Trinajstić information content (AvgIpc) is 2.70. The number of aromatic nitrogens is 3. The van der Waals surface area contributed by atoms with E-state index in [9.17, 15) is 0 Å². The predicted molar refractivity (Wildman–Crippen MR) is 69.4 cm³/mol. The van der Waals surface area contributed by atoms with Gasteiger partial charge >= 0.3 is 0 Å². The molecule has 2 heterocycles. The summed E-state index contributed by atoms with van der Waals surface area (Å²) in [5.74, 6) is 0.688. The Bertz CT molecular complexity index is 503. The average molecular weight is 233 g/mol. The van der Waals surface area contributed by atoms with Crippen molar-refractivity contribution in [1.29, 1.82) is 0 Å². The maximum absolute atomic E-state index is 4.47. The second-order valence-electron chi connectivity index (χ2n) is 4.59. The van der Waals surface area contributed by atoms with Gasteiger partial charge in [-0.1, -0.05) is 6.07 Å². The van der Waals surface area contributed by atoms with Gasteiger partial charge in [0.15, 0.2) is 5.65 Å². The van der Waals surface area contributed by atoms with Gasteiger partial charge in [-0.05, 0) is 39.6 Å². The molecule has 0 bridgehead atoms. The van der Waals surface area contributed by atoms with E-state index in [0.717, 1.165) is 17.8 Å². The maximum Gasteiger partial charge on any atom is 0.243 e. The Kier molecular flexibility index (Phi) is 3.28. The van der Waals surface area contributed by atoms with Crippen LogP contribution in [0.25, 0.3) is 5.65 Å². The Morgan fingerprint density at radius 3 is 2.88 bits per heavy atom. The Morgan fingerprint density at radius 1 is 1.47 bits per heavy atom. The fourth-order valence-corrected chi connectivity index (χ4v) is 1.54. The normalized spacial score (nSPS) is 13.2. The van der Waals surface area contributed by atoms with Gasteiger partial charge < -0.3 is 10.2 Å². The van der Waals surface area contributed by atoms with E-state index in [2.05, 4.69) is 41.3 Å². The summed E-state index contributed by atoms with van der Waals surface area (Å²) in [5, 5.41) is 7.64. The lowest BCUT2D eigenvalue weighted by molar-refractivity contribution is 0.326. The van der Waals surface area contributed by atoms with Crippen molar-refractivity contribution in [2.45, 2.75) is 19.9 Å². The van der Waals surface area contributed by atoms with Gasteiger partial charge in [0.25, 0.3) is 0 Å². The first-order valence-corrected chi connectivity index (χ1v) is 5.80. The molecule has 5 nitrogen and oxygen atoms in total. The van der Waals surface area contributed by atoms with Crippen LogP contribution in [-0.4, -0.2) is 46.2 Å². The summed E-state index contributed by atoms with van der Waals surface area (Å²) in [6, 6.07) is 4.46. The molecule has 2 rings (SSSR count). The molecule has 2 aromatic rings. The fraction of sp³-hybridized carbons (Fsp3) is 0.500. The van der Waals surface area contributed by atoms with Gasteiger partial charge in [0.2, 0.25) is 5.95 Å². The zero-order chi connectivity index (χ0) is 12.4. The second-order valence-corrected chi connectivity index (χ2v) is 4.59. The van der Waals surface area contributed by atoms with Crippen LogP contribution < -0.4 is 5.32 Å². The van der Waals surface area contributed by atoms with Crippen LogP contribution >= 0.6 is 0 Å². The lowest BCUT2D eigenvalue weighted by Crippen LogP contribution is -2.31. The van der Waals surface area contributed by atoms with Gasteiger partial charge in [0, 0.05) is 18.8 Å². The summed E-state index contributed by atoms with van der Waals surface area (Å²) in [5.41, 5.74) is 2.04. The number of hydrogen-bond acceptors (Lipinski definition) is 4. The SMILES string of the molecule is Cc1cccn2nc(NCC(C)N(C)C)nc12. The lowest BCUT2D eigenvalue weighted by Gasteiger charge is -2.19. The predicted octanol–water partition coefficient (Wildman–Crippen LogP) is 1.40. The summed E-state index contributed by atoms with van der Waals surface area (Å²) in [7, 11) is 4.13. The summed E-state index contributed by atoms with van der Waals surface area (Å²) in [6.45, 7) is 5.03. The molecule has 17 heavy (non-hydrogen) atoms. The topological polar surface area (TPSA) is 45.5 Å². The van der Waals surface area contributed by atoms with Crippen molar-refractivity contribution < 1.29 is 0 Å². The zero-order valence-electron chi connectivity index (χ0n) is 10.8. The molecule has 1 N–H and O–H groups in total. The Labute approximate surface area is 101 Å². The standard InChI is InChI=1S/C12H19N5/c1-9-6-5-7-17-11(9)14-12(15-17)13-8-10(2)16(3)4/h5-7,10H,8H2,1-4H3,(H,13,15). The Morgan fingerprint density at radius 2 is 2.24 bits per heavy atom. The van der Waals surface area contributed by atoms with Gasteiger partial charge in [0.05, 0.1) is 0 Å². The molecular weight excluding hydrogens is 214 g/mol. The number of hydrogen-bond donors (Lipinski definition) is 1. The van der Waals surface area contributed by atoms with Crippen molar-refractivity contribution >= 4 is 11.6 Å². The zero-order valence-corrected chi connectivity index (χ0v) is 10.8. The second kappa shape index (κ2) is 4.71. The van der Waals surface area contributed by atoms with Crippen LogP contribution in [-0.2, 0) is 0 Å². The van der Waals surface area contributed by atoms with Crippen molar-refractivity contribution in [3.05, 3.63) is 23.9 Å². The number of aryl methyl sites for hydroxylation is 1. The van der Waals surface area contributed by atoms with Crippen LogP contribution in [0.15, 0.2) is 18.3 Å². The molecule has 5 heteroatoms. The van der Waals surface area contributed by atoms with Gasteiger partial charge in [-0.3, -0.25) is 0 Å². The van der Waals surface area contributed by atoms with E-state index in [-0.39, 0.29) is 0 Å². The molecule has 1 atom stereocenters. The third-order valence-electron chi connectivity index (χ3n) is 2.99. The van der Waals surface area contributed by atoms with Gasteiger partial charge in [-0.25, -0.2) is 4.52 Å². The number of nitrogens with zero attached hydrogens (tertiary/aromatic N) is 4. The van der Waals surface area contributed by atoms with Crippen LogP contribution in [0.2, 0.25) is 0 Å². The smallest absolute Gasteiger partial charge is 0.243 e. The fourth-order valence-electron chi connectivity index (χ4n) is 1.54. The summed E-state index contributed by atoms with van der Waals surface area (Å²) < 4.78 is 1.80. The molecule has 0 radical (unpaired) electrons. The number of rotatable bonds is 4. The molecule has 0 saturated carbocycles. The summed E-state index contributed by atoms with van der Waals surface area (Å²) in [6.07, 6.45) is 1.91. The van der Waals surface area contributed by atoms with E-state index in [1.165, 1.54) is 0 Å². The first-order valence-electron chi connectivity index (χ1n) is 5.80. The largest absolute Gasteiger partial charge is 0.351 e. The summed E-state index contributed by atoms with van der Waals surface area (Å²) >= 11 is 0. The van der Waals surface area contributed by atoms with E-state index in [1.807, 2.05) is 25.3 Å². The monoisotopic (exact) mass is 233 g/mol. The van der Waals surface area contributed by atoms with Gasteiger partial charge in [-0.15, -0.1) is 5.10 Å². The van der Waals surface area contributed by atoms with Crippen molar-refractivity contribution in [2.24, 2.45) is 0 Å². The van der Waals surface area contributed by atoms with E-state index >= 15 is 0 Å². The van der Waals surface area contributed by atoms with Gasteiger partial charge in [0.1, 0.15) is 0 Å². The molecule has 0 spiro atoms. The number of pyridine rings is 1. The third kappa shape index (κ3) is 2.55. The van der Waals surface area contributed by atoms with Crippen LogP contribution in [0.5, 0.6) is 0 Å². The van der Waals surface area contributed by atoms with E-state index < -0.39 is 0 Å². The lowest BCUT2D eigenvalue weighted by atomic mass is 10.3. The van der Waals surface area contributed by atoms with E-state index in [4.69, 9.17) is 0 Å². The highest BCUT2D eigenvalue weighted by Gasteiger charge is 2.08.